The highest BCUT2D eigenvalue weighted by Crippen LogP contribution is 2.42. The second-order valence-corrected chi connectivity index (χ2v) is 17.9. The van der Waals surface area contributed by atoms with Crippen LogP contribution in [0.3, 0.4) is 0 Å². The molecule has 0 saturated heterocycles. The topological polar surface area (TPSA) is 118 Å². The van der Waals surface area contributed by atoms with E-state index in [-0.39, 0.29) is 34.7 Å². The molecule has 0 radical (unpaired) electrons. The molecular weight excluding hydrogens is 781 g/mol. The van der Waals surface area contributed by atoms with Crippen LogP contribution in [-0.2, 0) is 24.7 Å². The fourth-order valence-electron chi connectivity index (χ4n) is 7.31. The summed E-state index contributed by atoms with van der Waals surface area (Å²) in [5, 5.41) is 31.7. The van der Waals surface area contributed by atoms with Crippen LogP contribution in [0.25, 0.3) is 45.4 Å². The number of phenols is 1. The van der Waals surface area contributed by atoms with Gasteiger partial charge in [-0.15, -0.1) is 0 Å². The van der Waals surface area contributed by atoms with E-state index in [2.05, 4.69) is 83.2 Å². The molecule has 0 aliphatic carbocycles. The molecule has 8 heteroatoms. The Balaban J connectivity index is 1.11. The van der Waals surface area contributed by atoms with Gasteiger partial charge in [-0.2, -0.15) is 9.97 Å². The third-order valence-electron chi connectivity index (χ3n) is 10.8. The van der Waals surface area contributed by atoms with Gasteiger partial charge in [0.05, 0.1) is 12.0 Å². The highest BCUT2D eigenvalue weighted by Gasteiger charge is 2.24. The summed E-state index contributed by atoms with van der Waals surface area (Å²) in [6.45, 7) is 22.7. The maximum Gasteiger partial charge on any atom is 0.262 e. The van der Waals surface area contributed by atoms with E-state index in [1.54, 1.807) is 6.08 Å². The predicted octanol–water partition coefficient (Wildman–Crippen LogP) is 14.3. The fourth-order valence-corrected chi connectivity index (χ4v) is 7.31. The number of aromatic hydroxyl groups is 1. The number of aliphatic hydroxyl groups excluding tert-OH is 1. The fraction of sp³-hybridized carbons (Fsp3) is 0.273. The number of aryl methyl sites for hydroxylation is 2. The Labute approximate surface area is 372 Å². The Hall–Kier alpha value is -6.80. The van der Waals surface area contributed by atoms with Crippen molar-refractivity contribution in [2.45, 2.75) is 92.4 Å². The van der Waals surface area contributed by atoms with Crippen LogP contribution in [0.15, 0.2) is 172 Å². The zero-order valence-electron chi connectivity index (χ0n) is 37.8. The van der Waals surface area contributed by atoms with Crippen LogP contribution in [0, 0.1) is 5.41 Å². The number of phenolic OH excluding ortho intramolecular Hbond substituents is 1. The summed E-state index contributed by atoms with van der Waals surface area (Å²) in [5.41, 5.74) is 8.98. The van der Waals surface area contributed by atoms with E-state index in [1.165, 1.54) is 0 Å². The van der Waals surface area contributed by atoms with Crippen molar-refractivity contribution in [3.63, 3.8) is 0 Å². The van der Waals surface area contributed by atoms with Gasteiger partial charge < -0.3 is 19.3 Å². The Morgan fingerprint density at radius 3 is 1.90 bits per heavy atom. The lowest BCUT2D eigenvalue weighted by molar-refractivity contribution is 0.376. The molecule has 0 aliphatic rings. The van der Waals surface area contributed by atoms with Crippen LogP contribution in [0.2, 0.25) is 0 Å². The molecule has 0 aliphatic heterocycles. The molecule has 6 aromatic rings. The Morgan fingerprint density at radius 1 is 0.714 bits per heavy atom. The Morgan fingerprint density at radius 2 is 1.30 bits per heavy atom. The molecule has 0 atom stereocenters. The highest BCUT2D eigenvalue weighted by molar-refractivity contribution is 5.81. The number of hydrogen-bond donors (Lipinski definition) is 2. The molecule has 4 aromatic carbocycles. The van der Waals surface area contributed by atoms with Crippen LogP contribution < -0.4 is 0 Å². The summed E-state index contributed by atoms with van der Waals surface area (Å²) >= 11 is 0. The summed E-state index contributed by atoms with van der Waals surface area (Å²) in [7, 11) is 0. The lowest BCUT2D eigenvalue weighted by Crippen LogP contribution is -2.11. The summed E-state index contributed by atoms with van der Waals surface area (Å²) in [5.74, 6) is 1.83. The Kier molecular flexibility index (Phi) is 14.8. The van der Waals surface area contributed by atoms with Gasteiger partial charge in [-0.05, 0) is 89.0 Å². The SMILES string of the molecule is C=C/C=C(\C=C/C)C(/C=C/C(C)(C)C)=C(\O)C(=C)Cc1nc(-c2ccccc2CCCCCc2ccccc2-c2noc(-c3cc(C(C)(C)C)cc(-c4ccccc4)c3O)n2)no1. The molecule has 2 heterocycles. The molecule has 0 bridgehead atoms. The summed E-state index contributed by atoms with van der Waals surface area (Å²) in [6.07, 6.45) is 16.2. The average molecular weight is 841 g/mol. The van der Waals surface area contributed by atoms with Crippen LogP contribution in [0.5, 0.6) is 5.75 Å². The minimum absolute atomic E-state index is 0.0614. The van der Waals surface area contributed by atoms with Crippen molar-refractivity contribution in [1.82, 2.24) is 20.3 Å². The zero-order valence-corrected chi connectivity index (χ0v) is 37.8. The lowest BCUT2D eigenvalue weighted by Gasteiger charge is -2.22. The Bertz CT molecular complexity index is 2660. The third kappa shape index (κ3) is 11.8. The van der Waals surface area contributed by atoms with Gasteiger partial charge in [0.15, 0.2) is 0 Å². The second-order valence-electron chi connectivity index (χ2n) is 17.9. The third-order valence-corrected chi connectivity index (χ3v) is 10.8. The molecule has 0 fully saturated rings. The number of hydrogen-bond acceptors (Lipinski definition) is 8. The van der Waals surface area contributed by atoms with Crippen molar-refractivity contribution in [3.8, 4) is 51.1 Å². The normalized spacial score (nSPS) is 12.9. The van der Waals surface area contributed by atoms with Gasteiger partial charge in [0, 0.05) is 22.3 Å². The molecule has 0 spiro atoms. The van der Waals surface area contributed by atoms with Gasteiger partial charge in [-0.1, -0.05) is 187 Å². The molecule has 63 heavy (non-hydrogen) atoms. The molecule has 0 amide bonds. The number of allylic oxidation sites excluding steroid dienone is 9. The number of aliphatic hydroxyl groups is 1. The smallest absolute Gasteiger partial charge is 0.262 e. The van der Waals surface area contributed by atoms with E-state index in [4.69, 9.17) is 19.0 Å². The van der Waals surface area contributed by atoms with Gasteiger partial charge >= 0.3 is 0 Å². The second kappa shape index (κ2) is 20.4. The molecule has 0 saturated carbocycles. The minimum Gasteiger partial charge on any atom is -0.507 e. The summed E-state index contributed by atoms with van der Waals surface area (Å²) < 4.78 is 11.6. The molecule has 2 N–H and O–H groups in total. The van der Waals surface area contributed by atoms with Crippen LogP contribution in [0.1, 0.15) is 90.3 Å². The minimum atomic E-state index is -0.172. The molecule has 324 valence electrons. The maximum atomic E-state index is 11.5. The molecule has 0 unspecified atom stereocenters. The van der Waals surface area contributed by atoms with Crippen molar-refractivity contribution in [3.05, 3.63) is 186 Å². The standard InChI is InChI=1S/C55H60N4O4/c1-10-22-38(23-11-2)43(32-33-54(4,5)6)49(60)37(3)34-48-56-51(58-62-48)44-30-20-18-28-39(44)24-14-12-15-25-40-29-19-21-31-45(40)52-57-53(63-59-52)47-36-42(55(7,8)9)35-46(50(47)61)41-26-16-13-17-27-41/h10-11,13,16-23,26-33,35-36,60-61H,1,3,12,14-15,24-25,34H2,2,4-9H3/b23-11-,33-32+,38-22+,49-43-. The van der Waals surface area contributed by atoms with Crippen molar-refractivity contribution in [2.24, 2.45) is 5.41 Å². The number of unbranched alkanes of at least 4 members (excludes halogenated alkanes) is 2. The number of benzene rings is 4. The van der Waals surface area contributed by atoms with E-state index in [1.807, 2.05) is 110 Å². The van der Waals surface area contributed by atoms with Crippen LogP contribution in [-0.4, -0.2) is 30.5 Å². The van der Waals surface area contributed by atoms with E-state index in [0.29, 0.717) is 34.2 Å². The van der Waals surface area contributed by atoms with Crippen LogP contribution >= 0.6 is 0 Å². The number of aromatic nitrogens is 4. The maximum absolute atomic E-state index is 11.5. The molecular formula is C55H60N4O4. The summed E-state index contributed by atoms with van der Waals surface area (Å²) in [6, 6.07) is 30.2. The van der Waals surface area contributed by atoms with E-state index < -0.39 is 0 Å². The first-order chi connectivity index (χ1) is 30.2. The van der Waals surface area contributed by atoms with E-state index in [0.717, 1.165) is 76.6 Å². The summed E-state index contributed by atoms with van der Waals surface area (Å²) in [4.78, 5) is 9.57. The number of nitrogens with zero attached hydrogens (tertiary/aromatic N) is 4. The van der Waals surface area contributed by atoms with Crippen molar-refractivity contribution in [2.75, 3.05) is 0 Å². The molecule has 2 aromatic heterocycles. The van der Waals surface area contributed by atoms with E-state index >= 15 is 0 Å². The average Bonchev–Trinajstić information content (AvgIpc) is 3.94. The van der Waals surface area contributed by atoms with Gasteiger partial charge in [0.25, 0.3) is 5.89 Å². The van der Waals surface area contributed by atoms with Crippen molar-refractivity contribution in [1.29, 1.82) is 0 Å². The van der Waals surface area contributed by atoms with Crippen molar-refractivity contribution >= 4 is 0 Å². The van der Waals surface area contributed by atoms with E-state index in [9.17, 15) is 10.2 Å². The lowest BCUT2D eigenvalue weighted by atomic mass is 9.83. The van der Waals surface area contributed by atoms with Crippen LogP contribution in [0.4, 0.5) is 0 Å². The van der Waals surface area contributed by atoms with Gasteiger partial charge in [0.2, 0.25) is 17.5 Å². The first-order valence-electron chi connectivity index (χ1n) is 21.7. The molecule has 6 rings (SSSR count). The van der Waals surface area contributed by atoms with Gasteiger partial charge in [0.1, 0.15) is 11.5 Å². The first kappa shape index (κ1) is 45.7. The quantitative estimate of drug-likeness (QED) is 0.0529. The number of rotatable bonds is 17. The predicted molar refractivity (Wildman–Crippen MR) is 256 cm³/mol. The van der Waals surface area contributed by atoms with Crippen molar-refractivity contribution < 1.29 is 19.3 Å². The first-order valence-corrected chi connectivity index (χ1v) is 21.7. The van der Waals surface area contributed by atoms with Gasteiger partial charge in [-0.25, -0.2) is 0 Å². The van der Waals surface area contributed by atoms with Gasteiger partial charge in [-0.3, -0.25) is 0 Å². The largest absolute Gasteiger partial charge is 0.507 e. The highest BCUT2D eigenvalue weighted by atomic mass is 16.5. The monoisotopic (exact) mass is 840 g/mol. The zero-order chi connectivity index (χ0) is 45.1. The molecule has 8 nitrogen and oxygen atoms in total.